The first-order valence-electron chi connectivity index (χ1n) is 3.96. The Labute approximate surface area is 65.8 Å². The number of nitrogens with two attached hydrogens (primary N) is 1. The van der Waals surface area contributed by atoms with E-state index < -0.39 is 37.5 Å². The van der Waals surface area contributed by atoms with E-state index in [1.165, 1.54) is 0 Å². The molecule has 1 aliphatic rings. The van der Waals surface area contributed by atoms with Crippen molar-refractivity contribution in [1.82, 2.24) is 0 Å². The zero-order valence-electron chi connectivity index (χ0n) is 6.92. The smallest absolute Gasteiger partial charge is 0.110 e. The van der Waals surface area contributed by atoms with Crippen molar-refractivity contribution in [1.29, 1.82) is 0 Å². The van der Waals surface area contributed by atoms with E-state index in [9.17, 15) is 10.2 Å². The third-order valence-corrected chi connectivity index (χ3v) is 1.72. The van der Waals surface area contributed by atoms with Gasteiger partial charge >= 0.3 is 0 Å². The largest absolute Gasteiger partial charge is 0.394 e. The number of hydrogen-bond donors (Lipinski definition) is 4. The van der Waals surface area contributed by atoms with Gasteiger partial charge in [0.2, 0.25) is 0 Å². The van der Waals surface area contributed by atoms with Crippen LogP contribution < -0.4 is 5.73 Å². The van der Waals surface area contributed by atoms with E-state index in [1.54, 1.807) is 0 Å². The van der Waals surface area contributed by atoms with Crippen LogP contribution in [-0.4, -0.2) is 52.9 Å². The third kappa shape index (κ3) is 1.69. The van der Waals surface area contributed by atoms with Crippen LogP contribution in [0.25, 0.3) is 0 Å². The fourth-order valence-electron chi connectivity index (χ4n) is 0.951. The summed E-state index contributed by atoms with van der Waals surface area (Å²) in [4.78, 5) is 0. The molecule has 5 atom stereocenters. The molecule has 0 bridgehead atoms. The van der Waals surface area contributed by atoms with Crippen LogP contribution in [0.5, 0.6) is 0 Å². The van der Waals surface area contributed by atoms with Crippen molar-refractivity contribution >= 4 is 0 Å². The highest BCUT2D eigenvalue weighted by atomic mass is 16.5. The van der Waals surface area contributed by atoms with Gasteiger partial charge in [0.25, 0.3) is 0 Å². The van der Waals surface area contributed by atoms with Crippen LogP contribution in [-0.2, 0) is 4.74 Å². The summed E-state index contributed by atoms with van der Waals surface area (Å²) in [6, 6.07) is -0.928. The Morgan fingerprint density at radius 2 is 2.18 bits per heavy atom. The Hall–Kier alpha value is -0.200. The van der Waals surface area contributed by atoms with E-state index in [2.05, 4.69) is 0 Å². The predicted molar refractivity (Wildman–Crippen MR) is 36.8 cm³/mol. The zero-order chi connectivity index (χ0) is 9.30. The molecule has 66 valence electrons. The summed E-state index contributed by atoms with van der Waals surface area (Å²) < 4.78 is 12.0. The number of aliphatic hydroxyl groups excluding tert-OH is 3. The highest BCUT2D eigenvalue weighted by Crippen LogP contribution is 2.13. The maximum absolute atomic E-state index is 9.23. The normalized spacial score (nSPS) is 53.8. The van der Waals surface area contributed by atoms with Crippen molar-refractivity contribution in [3.8, 4) is 0 Å². The van der Waals surface area contributed by atoms with Crippen molar-refractivity contribution in [3.05, 3.63) is 0 Å². The van der Waals surface area contributed by atoms with Gasteiger partial charge in [-0.3, -0.25) is 0 Å². The Bertz CT molecular complexity index is 154. The summed E-state index contributed by atoms with van der Waals surface area (Å²) in [5, 5.41) is 27.1. The summed E-state index contributed by atoms with van der Waals surface area (Å²) in [6.45, 7) is -1.53. The molecule has 5 N–H and O–H groups in total. The van der Waals surface area contributed by atoms with Crippen molar-refractivity contribution in [2.75, 3.05) is 13.2 Å². The lowest BCUT2D eigenvalue weighted by molar-refractivity contribution is -0.156. The average molecular weight is 164 g/mol. The quantitative estimate of drug-likeness (QED) is 0.341. The van der Waals surface area contributed by atoms with Crippen LogP contribution in [0.3, 0.4) is 0 Å². The standard InChI is InChI=1S/C6H13NO4/c7-3-2-11-4(1-8)6(10)5(3)9/h3-6,8-10H,1-2,7H2/t3-,4+,5+,6+/m0/s1/i2D/t2?,3-,4+,5+,6+. The minimum atomic E-state index is -1.22. The van der Waals surface area contributed by atoms with E-state index in [0.717, 1.165) is 0 Å². The van der Waals surface area contributed by atoms with Gasteiger partial charge in [-0.15, -0.1) is 0 Å². The maximum Gasteiger partial charge on any atom is 0.110 e. The van der Waals surface area contributed by atoms with Crippen molar-refractivity contribution in [2.45, 2.75) is 24.4 Å². The lowest BCUT2D eigenvalue weighted by Crippen LogP contribution is -2.57. The van der Waals surface area contributed by atoms with Gasteiger partial charge in [0.1, 0.15) is 12.2 Å². The number of aliphatic hydroxyl groups is 3. The summed E-state index contributed by atoms with van der Waals surface area (Å²) in [7, 11) is 0. The molecule has 0 aromatic heterocycles. The summed E-state index contributed by atoms with van der Waals surface area (Å²) in [5.74, 6) is 0. The summed E-state index contributed by atoms with van der Waals surface area (Å²) in [5.41, 5.74) is 5.32. The third-order valence-electron chi connectivity index (χ3n) is 1.72. The predicted octanol–water partition coefficient (Wildman–Crippen LogP) is -2.57. The number of hydrogen-bond acceptors (Lipinski definition) is 5. The molecule has 0 aromatic carbocycles. The topological polar surface area (TPSA) is 95.9 Å². The molecule has 0 aliphatic carbocycles. The second kappa shape index (κ2) is 3.46. The van der Waals surface area contributed by atoms with Crippen LogP contribution >= 0.6 is 0 Å². The molecule has 5 nitrogen and oxygen atoms in total. The minimum Gasteiger partial charge on any atom is -0.394 e. The molecular formula is C6H13NO4. The highest BCUT2D eigenvalue weighted by Gasteiger charge is 2.35. The highest BCUT2D eigenvalue weighted by molar-refractivity contribution is 4.88. The van der Waals surface area contributed by atoms with Gasteiger partial charge in [-0.2, -0.15) is 0 Å². The van der Waals surface area contributed by atoms with Crippen molar-refractivity contribution < 1.29 is 21.4 Å². The van der Waals surface area contributed by atoms with E-state index in [-0.39, 0.29) is 0 Å². The first-order chi connectivity index (χ1) is 5.57. The minimum absolute atomic E-state index is 0.430. The number of rotatable bonds is 1. The molecule has 0 spiro atoms. The first kappa shape index (κ1) is 7.45. The molecule has 0 amide bonds. The van der Waals surface area contributed by atoms with E-state index >= 15 is 0 Å². The molecule has 1 rings (SSSR count). The Kier molecular flexibility index (Phi) is 2.35. The molecule has 5 heteroatoms. The van der Waals surface area contributed by atoms with E-state index in [1.807, 2.05) is 0 Å². The van der Waals surface area contributed by atoms with Gasteiger partial charge in [0.15, 0.2) is 0 Å². The van der Waals surface area contributed by atoms with Crippen LogP contribution in [0.15, 0.2) is 0 Å². The van der Waals surface area contributed by atoms with Gasteiger partial charge in [-0.1, -0.05) is 0 Å². The molecule has 0 radical (unpaired) electrons. The molecule has 1 fully saturated rings. The van der Waals surface area contributed by atoms with Gasteiger partial charge in [0, 0.05) is 0 Å². The first-order valence-corrected chi connectivity index (χ1v) is 3.38. The van der Waals surface area contributed by atoms with Crippen LogP contribution in [0.2, 0.25) is 0 Å². The van der Waals surface area contributed by atoms with Crippen LogP contribution in [0, 0.1) is 0 Å². The lowest BCUT2D eigenvalue weighted by Gasteiger charge is -2.34. The van der Waals surface area contributed by atoms with Gasteiger partial charge in [-0.05, 0) is 0 Å². The van der Waals surface area contributed by atoms with Crippen LogP contribution in [0.4, 0.5) is 0 Å². The zero-order valence-corrected chi connectivity index (χ0v) is 5.92. The Morgan fingerprint density at radius 3 is 2.73 bits per heavy atom. The Balaban J connectivity index is 2.63. The van der Waals surface area contributed by atoms with Gasteiger partial charge in [-0.25, -0.2) is 0 Å². The second-order valence-corrected chi connectivity index (χ2v) is 2.55. The fourth-order valence-corrected chi connectivity index (χ4v) is 0.951. The SMILES string of the molecule is [2H]C1O[C@H](CO)[C@@H](O)[C@H](O)[C@H]1N. The molecule has 1 unspecified atom stereocenters. The fraction of sp³-hybridized carbons (Fsp3) is 1.00. The lowest BCUT2D eigenvalue weighted by atomic mass is 9.99. The van der Waals surface area contributed by atoms with Gasteiger partial charge < -0.3 is 25.8 Å². The molecule has 1 saturated heterocycles. The summed E-state index contributed by atoms with van der Waals surface area (Å²) >= 11 is 0. The van der Waals surface area contributed by atoms with Crippen LogP contribution in [0.1, 0.15) is 1.37 Å². The average Bonchev–Trinajstić information content (AvgIpc) is 2.08. The molecule has 1 aliphatic heterocycles. The van der Waals surface area contributed by atoms with Crippen molar-refractivity contribution in [3.63, 3.8) is 0 Å². The monoisotopic (exact) mass is 164 g/mol. The molecular weight excluding hydrogens is 150 g/mol. The van der Waals surface area contributed by atoms with E-state index in [4.69, 9.17) is 16.9 Å². The van der Waals surface area contributed by atoms with Crippen molar-refractivity contribution in [2.24, 2.45) is 5.73 Å². The maximum atomic E-state index is 9.23. The van der Waals surface area contributed by atoms with Gasteiger partial charge in [0.05, 0.1) is 26.7 Å². The molecule has 1 heterocycles. The summed E-state index contributed by atoms with van der Waals surface area (Å²) in [6.07, 6.45) is -3.34. The van der Waals surface area contributed by atoms with E-state index in [0.29, 0.717) is 0 Å². The molecule has 0 aromatic rings. The second-order valence-electron chi connectivity index (χ2n) is 2.55. The molecule has 11 heavy (non-hydrogen) atoms. The molecule has 0 saturated carbocycles. The Morgan fingerprint density at radius 1 is 1.55 bits per heavy atom. The number of ether oxygens (including phenoxy) is 1.